The summed E-state index contributed by atoms with van der Waals surface area (Å²) in [7, 11) is 0. The van der Waals surface area contributed by atoms with Crippen molar-refractivity contribution in [1.82, 2.24) is 0 Å². The molecule has 0 atom stereocenters. The van der Waals surface area contributed by atoms with Gasteiger partial charge < -0.3 is 0 Å². The second kappa shape index (κ2) is 16.3. The Morgan fingerprint density at radius 2 is 1.35 bits per heavy atom. The summed E-state index contributed by atoms with van der Waals surface area (Å²) >= 11 is 0. The topological polar surface area (TPSA) is 0 Å². The minimum Gasteiger partial charge on any atom is -0.0877 e. The molecule has 0 radical (unpaired) electrons. The quantitative estimate of drug-likeness (QED) is 0.295. The van der Waals surface area contributed by atoms with Gasteiger partial charge in [-0.2, -0.15) is 0 Å². The van der Waals surface area contributed by atoms with Crippen molar-refractivity contribution >= 4 is 0 Å². The van der Waals surface area contributed by atoms with Crippen LogP contribution in [0.25, 0.3) is 0 Å². The highest BCUT2D eigenvalue weighted by Crippen LogP contribution is 2.34. The zero-order valence-corrected chi connectivity index (χ0v) is 16.9. The first-order chi connectivity index (χ1) is 11.2. The summed E-state index contributed by atoms with van der Waals surface area (Å²) in [4.78, 5) is 0. The molecule has 0 aromatic carbocycles. The van der Waals surface area contributed by atoms with Crippen LogP contribution in [0.3, 0.4) is 0 Å². The SMILES string of the molecule is C/C=C\C=C(/C)CC1CCC(CCCC)CC1.CCCCCC. The first-order valence-electron chi connectivity index (χ1n) is 10.5. The number of allylic oxidation sites excluding steroid dienone is 4. The van der Waals surface area contributed by atoms with Gasteiger partial charge in [0.1, 0.15) is 0 Å². The summed E-state index contributed by atoms with van der Waals surface area (Å²) in [6.45, 7) is 11.1. The molecule has 1 aliphatic carbocycles. The van der Waals surface area contributed by atoms with Gasteiger partial charge in [0.05, 0.1) is 0 Å². The van der Waals surface area contributed by atoms with Crippen LogP contribution < -0.4 is 0 Å². The van der Waals surface area contributed by atoms with Gasteiger partial charge in [-0.25, -0.2) is 0 Å². The van der Waals surface area contributed by atoms with Crippen LogP contribution in [0.4, 0.5) is 0 Å². The molecule has 0 aromatic heterocycles. The Bertz CT molecular complexity index is 285. The van der Waals surface area contributed by atoms with E-state index in [4.69, 9.17) is 0 Å². The average molecular weight is 321 g/mol. The van der Waals surface area contributed by atoms with E-state index in [0.717, 1.165) is 11.8 Å². The average Bonchev–Trinajstić information content (AvgIpc) is 2.58. The fourth-order valence-electron chi connectivity index (χ4n) is 3.50. The van der Waals surface area contributed by atoms with E-state index >= 15 is 0 Å². The van der Waals surface area contributed by atoms with Crippen LogP contribution in [0, 0.1) is 11.8 Å². The second-order valence-corrected chi connectivity index (χ2v) is 7.48. The molecule has 0 saturated heterocycles. The van der Waals surface area contributed by atoms with E-state index < -0.39 is 0 Å². The van der Waals surface area contributed by atoms with Gasteiger partial charge >= 0.3 is 0 Å². The monoisotopic (exact) mass is 320 g/mol. The summed E-state index contributed by atoms with van der Waals surface area (Å²) in [5.74, 6) is 2.01. The van der Waals surface area contributed by atoms with Gasteiger partial charge in [-0.1, -0.05) is 102 Å². The first-order valence-corrected chi connectivity index (χ1v) is 10.5. The number of rotatable bonds is 9. The Hall–Kier alpha value is -0.520. The van der Waals surface area contributed by atoms with Crippen molar-refractivity contribution in [3.05, 3.63) is 23.8 Å². The minimum absolute atomic E-state index is 0.967. The summed E-state index contributed by atoms with van der Waals surface area (Å²) in [6, 6.07) is 0. The number of unbranched alkanes of at least 4 members (excludes halogenated alkanes) is 4. The Kier molecular flexibility index (Phi) is 16.0. The molecule has 0 unspecified atom stereocenters. The van der Waals surface area contributed by atoms with Crippen LogP contribution in [0.5, 0.6) is 0 Å². The normalized spacial score (nSPS) is 22.0. The highest BCUT2D eigenvalue weighted by molar-refractivity contribution is 5.10. The Labute approximate surface area is 147 Å². The van der Waals surface area contributed by atoms with Crippen molar-refractivity contribution in [2.24, 2.45) is 11.8 Å². The third-order valence-corrected chi connectivity index (χ3v) is 5.07. The molecule has 0 nitrogen and oxygen atoms in total. The maximum Gasteiger partial charge on any atom is -0.0291 e. The van der Waals surface area contributed by atoms with Crippen molar-refractivity contribution in [3.63, 3.8) is 0 Å². The molecule has 0 N–H and O–H groups in total. The minimum atomic E-state index is 0.967. The maximum absolute atomic E-state index is 2.31. The molecule has 0 bridgehead atoms. The smallest absolute Gasteiger partial charge is 0.0291 e. The molecule has 0 aromatic rings. The lowest BCUT2D eigenvalue weighted by atomic mass is 9.77. The zero-order valence-electron chi connectivity index (χ0n) is 16.9. The lowest BCUT2D eigenvalue weighted by Gasteiger charge is -2.28. The molecule has 1 saturated carbocycles. The zero-order chi connectivity index (χ0) is 17.3. The lowest BCUT2D eigenvalue weighted by Crippen LogP contribution is -2.14. The summed E-state index contributed by atoms with van der Waals surface area (Å²) in [6.07, 6.45) is 23.6. The largest absolute Gasteiger partial charge is 0.0877 e. The fraction of sp³-hybridized carbons (Fsp3) is 0.826. The van der Waals surface area contributed by atoms with Gasteiger partial charge in [0.2, 0.25) is 0 Å². The molecule has 0 heterocycles. The summed E-state index contributed by atoms with van der Waals surface area (Å²) in [5.41, 5.74) is 1.56. The third-order valence-electron chi connectivity index (χ3n) is 5.07. The maximum atomic E-state index is 2.31. The molecular weight excluding hydrogens is 276 g/mol. The standard InChI is InChI=1S/C17H30.C6H14/c1-4-6-8-15(3)14-17-12-10-16(11-13-17)9-7-5-2;1-3-5-6-4-2/h4,6,8,16-17H,5,7,9-14H2,1-3H3;3-6H2,1-2H3/b6-4-,15-8+;. The summed E-state index contributed by atoms with van der Waals surface area (Å²) in [5, 5.41) is 0. The van der Waals surface area contributed by atoms with Gasteiger partial charge in [0.15, 0.2) is 0 Å². The van der Waals surface area contributed by atoms with Gasteiger partial charge in [-0.15, -0.1) is 0 Å². The van der Waals surface area contributed by atoms with E-state index in [9.17, 15) is 0 Å². The molecule has 0 heteroatoms. The van der Waals surface area contributed by atoms with E-state index in [2.05, 4.69) is 52.8 Å². The third kappa shape index (κ3) is 13.6. The molecular formula is C23H44. The van der Waals surface area contributed by atoms with Crippen LogP contribution in [-0.4, -0.2) is 0 Å². The van der Waals surface area contributed by atoms with E-state index in [1.807, 2.05) is 0 Å². The van der Waals surface area contributed by atoms with E-state index in [1.54, 1.807) is 5.57 Å². The molecule has 0 spiro atoms. The summed E-state index contributed by atoms with van der Waals surface area (Å²) < 4.78 is 0. The van der Waals surface area contributed by atoms with Gasteiger partial charge in [-0.3, -0.25) is 0 Å². The van der Waals surface area contributed by atoms with Crippen molar-refractivity contribution < 1.29 is 0 Å². The molecule has 136 valence electrons. The molecule has 1 rings (SSSR count). The van der Waals surface area contributed by atoms with Gasteiger partial charge in [0.25, 0.3) is 0 Å². The Balaban J connectivity index is 0.000000688. The van der Waals surface area contributed by atoms with Crippen molar-refractivity contribution in [3.8, 4) is 0 Å². The Morgan fingerprint density at radius 1 is 0.826 bits per heavy atom. The second-order valence-electron chi connectivity index (χ2n) is 7.48. The van der Waals surface area contributed by atoms with Gasteiger partial charge in [-0.05, 0) is 44.9 Å². The molecule has 0 aliphatic heterocycles. The van der Waals surface area contributed by atoms with Crippen LogP contribution in [0.1, 0.15) is 112 Å². The van der Waals surface area contributed by atoms with Crippen LogP contribution in [0.15, 0.2) is 23.8 Å². The van der Waals surface area contributed by atoms with Crippen molar-refractivity contribution in [2.75, 3.05) is 0 Å². The molecule has 0 amide bonds. The lowest BCUT2D eigenvalue weighted by molar-refractivity contribution is 0.258. The van der Waals surface area contributed by atoms with Crippen molar-refractivity contribution in [1.29, 1.82) is 0 Å². The molecule has 1 fully saturated rings. The highest BCUT2D eigenvalue weighted by Gasteiger charge is 2.20. The van der Waals surface area contributed by atoms with E-state index in [1.165, 1.54) is 77.0 Å². The van der Waals surface area contributed by atoms with Crippen LogP contribution in [0.2, 0.25) is 0 Å². The predicted octanol–water partition coefficient (Wildman–Crippen LogP) is 8.48. The van der Waals surface area contributed by atoms with E-state index in [-0.39, 0.29) is 0 Å². The van der Waals surface area contributed by atoms with Crippen LogP contribution in [-0.2, 0) is 0 Å². The first kappa shape index (κ1) is 22.5. The van der Waals surface area contributed by atoms with Crippen molar-refractivity contribution in [2.45, 2.75) is 112 Å². The number of hydrogen-bond donors (Lipinski definition) is 0. The van der Waals surface area contributed by atoms with E-state index in [0.29, 0.717) is 0 Å². The molecule has 23 heavy (non-hydrogen) atoms. The number of hydrogen-bond acceptors (Lipinski definition) is 0. The molecule has 1 aliphatic rings. The fourth-order valence-corrected chi connectivity index (χ4v) is 3.50. The predicted molar refractivity (Wildman–Crippen MR) is 108 cm³/mol. The highest BCUT2D eigenvalue weighted by atomic mass is 14.3. The Morgan fingerprint density at radius 3 is 1.83 bits per heavy atom. The van der Waals surface area contributed by atoms with Gasteiger partial charge in [0, 0.05) is 0 Å². The van der Waals surface area contributed by atoms with Crippen LogP contribution >= 0.6 is 0 Å².